The van der Waals surface area contributed by atoms with Crippen LogP contribution in [0.1, 0.15) is 24.0 Å². The standard InChI is InChI=1S/C18H15FO4/c1-10(20)15-12-7-4-3-6-11(12)13-8-5-9-14(19)16(13)18(15,22)17(21)23-2/h3-9,15,22H,1-2H3. The van der Waals surface area contributed by atoms with Crippen molar-refractivity contribution >= 4 is 11.8 Å². The predicted molar refractivity (Wildman–Crippen MR) is 81.2 cm³/mol. The molecule has 0 radical (unpaired) electrons. The highest BCUT2D eigenvalue weighted by Gasteiger charge is 2.55. The van der Waals surface area contributed by atoms with Gasteiger partial charge in [-0.15, -0.1) is 0 Å². The van der Waals surface area contributed by atoms with Gasteiger partial charge in [-0.25, -0.2) is 9.18 Å². The van der Waals surface area contributed by atoms with Crippen LogP contribution in [0, 0.1) is 5.82 Å². The average Bonchev–Trinajstić information content (AvgIpc) is 2.53. The molecule has 4 nitrogen and oxygen atoms in total. The lowest BCUT2D eigenvalue weighted by molar-refractivity contribution is -0.169. The molecule has 0 aliphatic heterocycles. The molecule has 5 heteroatoms. The van der Waals surface area contributed by atoms with Crippen LogP contribution in [0.4, 0.5) is 4.39 Å². The monoisotopic (exact) mass is 314 g/mol. The summed E-state index contributed by atoms with van der Waals surface area (Å²) in [6.07, 6.45) is 0. The number of methoxy groups -OCH3 is 1. The third-order valence-electron chi connectivity index (χ3n) is 4.28. The number of fused-ring (bicyclic) bond motifs is 3. The molecule has 1 aliphatic rings. The fourth-order valence-corrected chi connectivity index (χ4v) is 3.39. The van der Waals surface area contributed by atoms with Crippen molar-refractivity contribution in [3.05, 3.63) is 59.4 Å². The number of ether oxygens (including phenoxy) is 1. The van der Waals surface area contributed by atoms with Crippen molar-refractivity contribution in [1.29, 1.82) is 0 Å². The number of ketones is 1. The highest BCUT2D eigenvalue weighted by atomic mass is 19.1. The minimum absolute atomic E-state index is 0.217. The second-order valence-electron chi connectivity index (χ2n) is 5.55. The summed E-state index contributed by atoms with van der Waals surface area (Å²) in [5, 5.41) is 11.1. The number of Topliss-reactive ketones (excluding diaryl/α,β-unsaturated/α-hetero) is 1. The maximum Gasteiger partial charge on any atom is 0.343 e. The summed E-state index contributed by atoms with van der Waals surface area (Å²) in [5.41, 5.74) is -1.13. The lowest BCUT2D eigenvalue weighted by atomic mass is 9.67. The molecule has 1 N–H and O–H groups in total. The number of rotatable bonds is 2. The van der Waals surface area contributed by atoms with Gasteiger partial charge in [0.05, 0.1) is 13.0 Å². The molecule has 0 fully saturated rings. The first-order chi connectivity index (χ1) is 10.9. The van der Waals surface area contributed by atoms with E-state index in [-0.39, 0.29) is 5.56 Å². The highest BCUT2D eigenvalue weighted by Crippen LogP contribution is 2.51. The number of carbonyl (C=O) groups is 2. The van der Waals surface area contributed by atoms with Crippen LogP contribution in [0.15, 0.2) is 42.5 Å². The zero-order valence-corrected chi connectivity index (χ0v) is 12.7. The second kappa shape index (κ2) is 5.28. The Labute approximate surface area is 132 Å². The Bertz CT molecular complexity index is 814. The summed E-state index contributed by atoms with van der Waals surface area (Å²) in [6, 6.07) is 11.1. The number of benzene rings is 2. The van der Waals surface area contributed by atoms with E-state index in [2.05, 4.69) is 0 Å². The van der Waals surface area contributed by atoms with Gasteiger partial charge < -0.3 is 9.84 Å². The highest BCUT2D eigenvalue weighted by molar-refractivity contribution is 6.00. The van der Waals surface area contributed by atoms with Crippen LogP contribution < -0.4 is 0 Å². The summed E-state index contributed by atoms with van der Waals surface area (Å²) in [4.78, 5) is 24.6. The first kappa shape index (κ1) is 15.4. The molecular weight excluding hydrogens is 299 g/mol. The zero-order valence-electron chi connectivity index (χ0n) is 12.7. The molecule has 2 unspecified atom stereocenters. The Morgan fingerprint density at radius 1 is 1.13 bits per heavy atom. The third-order valence-corrected chi connectivity index (χ3v) is 4.28. The molecule has 0 bridgehead atoms. The van der Waals surface area contributed by atoms with Crippen LogP contribution in [0.5, 0.6) is 0 Å². The Kier molecular flexibility index (Phi) is 3.53. The molecule has 1 aliphatic carbocycles. The van der Waals surface area contributed by atoms with E-state index in [1.807, 2.05) is 0 Å². The minimum atomic E-state index is -2.39. The van der Waals surface area contributed by atoms with Crippen molar-refractivity contribution in [2.24, 2.45) is 0 Å². The van der Waals surface area contributed by atoms with Crippen LogP contribution in [0.3, 0.4) is 0 Å². The fraction of sp³-hybridized carbons (Fsp3) is 0.222. The van der Waals surface area contributed by atoms with Gasteiger partial charge in [-0.1, -0.05) is 36.4 Å². The van der Waals surface area contributed by atoms with Gasteiger partial charge in [-0.3, -0.25) is 4.79 Å². The van der Waals surface area contributed by atoms with Crippen LogP contribution in [-0.2, 0) is 19.9 Å². The van der Waals surface area contributed by atoms with Gasteiger partial charge in [0.2, 0.25) is 5.60 Å². The molecule has 2 aromatic carbocycles. The Balaban J connectivity index is 2.46. The van der Waals surface area contributed by atoms with Crippen molar-refractivity contribution in [3.63, 3.8) is 0 Å². The molecule has 2 aromatic rings. The summed E-state index contributed by atoms with van der Waals surface area (Å²) in [7, 11) is 1.10. The molecule has 3 rings (SSSR count). The molecule has 0 heterocycles. The lowest BCUT2D eigenvalue weighted by Crippen LogP contribution is -2.48. The number of hydrogen-bond acceptors (Lipinski definition) is 4. The van der Waals surface area contributed by atoms with Crippen molar-refractivity contribution in [1.82, 2.24) is 0 Å². The zero-order chi connectivity index (χ0) is 16.8. The van der Waals surface area contributed by atoms with Crippen LogP contribution in [0.2, 0.25) is 0 Å². The first-order valence-electron chi connectivity index (χ1n) is 7.12. The van der Waals surface area contributed by atoms with Gasteiger partial charge in [-0.05, 0) is 29.7 Å². The van der Waals surface area contributed by atoms with E-state index < -0.39 is 29.1 Å². The van der Waals surface area contributed by atoms with Crippen molar-refractivity contribution in [2.45, 2.75) is 18.4 Å². The number of aliphatic hydroxyl groups is 1. The molecular formula is C18H15FO4. The topological polar surface area (TPSA) is 63.6 Å². The van der Waals surface area contributed by atoms with E-state index in [0.717, 1.165) is 13.2 Å². The summed E-state index contributed by atoms with van der Waals surface area (Å²) >= 11 is 0. The molecule has 0 saturated carbocycles. The van der Waals surface area contributed by atoms with E-state index in [9.17, 15) is 19.1 Å². The molecule has 0 spiro atoms. The first-order valence-corrected chi connectivity index (χ1v) is 7.12. The van der Waals surface area contributed by atoms with Gasteiger partial charge in [-0.2, -0.15) is 0 Å². The van der Waals surface area contributed by atoms with Crippen molar-refractivity contribution in [2.75, 3.05) is 7.11 Å². The molecule has 0 amide bonds. The Hall–Kier alpha value is -2.53. The van der Waals surface area contributed by atoms with E-state index in [1.165, 1.54) is 13.0 Å². The number of hydrogen-bond donors (Lipinski definition) is 1. The molecule has 0 aromatic heterocycles. The largest absolute Gasteiger partial charge is 0.467 e. The van der Waals surface area contributed by atoms with Crippen molar-refractivity contribution < 1.29 is 23.8 Å². The van der Waals surface area contributed by atoms with Gasteiger partial charge in [0.15, 0.2) is 0 Å². The van der Waals surface area contributed by atoms with Gasteiger partial charge in [0.25, 0.3) is 0 Å². The van der Waals surface area contributed by atoms with E-state index in [4.69, 9.17) is 4.74 Å². The number of carbonyl (C=O) groups excluding carboxylic acids is 2. The number of esters is 1. The predicted octanol–water partition coefficient (Wildman–Crippen LogP) is 2.54. The average molecular weight is 314 g/mol. The summed E-state index contributed by atoms with van der Waals surface area (Å²) < 4.78 is 19.2. The molecule has 23 heavy (non-hydrogen) atoms. The normalized spacial score (nSPS) is 22.0. The maximum atomic E-state index is 14.5. The lowest BCUT2D eigenvalue weighted by Gasteiger charge is -2.39. The van der Waals surface area contributed by atoms with Gasteiger partial charge in [0.1, 0.15) is 11.6 Å². The van der Waals surface area contributed by atoms with E-state index in [1.54, 1.807) is 30.3 Å². The second-order valence-corrected chi connectivity index (χ2v) is 5.55. The van der Waals surface area contributed by atoms with Gasteiger partial charge in [0, 0.05) is 5.56 Å². The Morgan fingerprint density at radius 2 is 1.78 bits per heavy atom. The van der Waals surface area contributed by atoms with Crippen LogP contribution >= 0.6 is 0 Å². The summed E-state index contributed by atoms with van der Waals surface area (Å²) in [6.45, 7) is 1.27. The third kappa shape index (κ3) is 2.00. The maximum absolute atomic E-state index is 14.5. The van der Waals surface area contributed by atoms with Crippen LogP contribution in [0.25, 0.3) is 11.1 Å². The molecule has 0 saturated heterocycles. The number of halogens is 1. The summed E-state index contributed by atoms with van der Waals surface area (Å²) in [5.74, 6) is -3.48. The fourth-order valence-electron chi connectivity index (χ4n) is 3.39. The smallest absolute Gasteiger partial charge is 0.343 e. The Morgan fingerprint density at radius 3 is 2.43 bits per heavy atom. The molecule has 2 atom stereocenters. The van der Waals surface area contributed by atoms with Crippen LogP contribution in [-0.4, -0.2) is 24.0 Å². The quantitative estimate of drug-likeness (QED) is 0.865. The van der Waals surface area contributed by atoms with Crippen molar-refractivity contribution in [3.8, 4) is 11.1 Å². The SMILES string of the molecule is COC(=O)C1(O)c2c(F)cccc2-c2ccccc2C1C(C)=O. The van der Waals surface area contributed by atoms with E-state index in [0.29, 0.717) is 16.7 Å². The van der Waals surface area contributed by atoms with E-state index >= 15 is 0 Å². The minimum Gasteiger partial charge on any atom is -0.467 e. The molecule has 118 valence electrons. The van der Waals surface area contributed by atoms with Gasteiger partial charge >= 0.3 is 5.97 Å².